The molecule has 1 aliphatic rings. The van der Waals surface area contributed by atoms with Gasteiger partial charge in [-0.1, -0.05) is 23.8 Å². The lowest BCUT2D eigenvalue weighted by molar-refractivity contribution is -0.384. The van der Waals surface area contributed by atoms with Crippen molar-refractivity contribution < 1.29 is 13.3 Å². The number of halogens is 1. The minimum Gasteiger partial charge on any atom is -0.258 e. The Balaban J connectivity index is 2.38. The maximum atomic E-state index is 12.2. The van der Waals surface area contributed by atoms with Gasteiger partial charge in [0.25, 0.3) is 15.7 Å². The SMILES string of the molecule is O=[N+]([O-])c1cc(S(=O)(=O)N2CC=CCC2)sc1Cl. The van der Waals surface area contributed by atoms with Gasteiger partial charge in [-0.15, -0.1) is 11.3 Å². The van der Waals surface area contributed by atoms with Crippen molar-refractivity contribution in [1.29, 1.82) is 0 Å². The van der Waals surface area contributed by atoms with E-state index in [4.69, 9.17) is 11.6 Å². The van der Waals surface area contributed by atoms with Gasteiger partial charge in [0.2, 0.25) is 0 Å². The Kier molecular flexibility index (Phi) is 3.71. The number of rotatable bonds is 3. The molecule has 18 heavy (non-hydrogen) atoms. The molecule has 0 aliphatic carbocycles. The summed E-state index contributed by atoms with van der Waals surface area (Å²) < 4.78 is 25.5. The van der Waals surface area contributed by atoms with Crippen LogP contribution in [0.4, 0.5) is 5.69 Å². The molecule has 0 saturated carbocycles. The predicted molar refractivity (Wildman–Crippen MR) is 68.5 cm³/mol. The molecule has 1 aromatic heterocycles. The summed E-state index contributed by atoms with van der Waals surface area (Å²) in [5.41, 5.74) is -0.368. The summed E-state index contributed by atoms with van der Waals surface area (Å²) in [6.45, 7) is 0.661. The third-order valence-electron chi connectivity index (χ3n) is 2.46. The number of thiophene rings is 1. The first-order valence-corrected chi connectivity index (χ1v) is 7.65. The number of nitrogens with zero attached hydrogens (tertiary/aromatic N) is 2. The molecule has 0 atom stereocenters. The first kappa shape index (κ1) is 13.5. The minimum atomic E-state index is -3.69. The van der Waals surface area contributed by atoms with Gasteiger partial charge in [-0.3, -0.25) is 10.1 Å². The number of hydrogen-bond donors (Lipinski definition) is 0. The van der Waals surface area contributed by atoms with Gasteiger partial charge in [-0.05, 0) is 6.42 Å². The standard InChI is InChI=1S/C9H9ClN2O4S2/c10-9-7(12(13)14)6-8(17-9)18(15,16)11-4-2-1-3-5-11/h1-2,6H,3-5H2. The maximum Gasteiger partial charge on any atom is 0.300 e. The van der Waals surface area contributed by atoms with Crippen molar-refractivity contribution in [1.82, 2.24) is 4.31 Å². The minimum absolute atomic E-state index is 0.0884. The molecule has 0 saturated heterocycles. The summed E-state index contributed by atoms with van der Waals surface area (Å²) in [5, 5.41) is 10.6. The van der Waals surface area contributed by atoms with E-state index in [2.05, 4.69) is 0 Å². The van der Waals surface area contributed by atoms with Crippen LogP contribution in [-0.2, 0) is 10.0 Å². The van der Waals surface area contributed by atoms with Gasteiger partial charge in [0.15, 0.2) is 4.34 Å². The second-order valence-corrected chi connectivity index (χ2v) is 7.42. The molecule has 2 heterocycles. The molecule has 0 fully saturated rings. The van der Waals surface area contributed by atoms with Crippen molar-refractivity contribution in [2.75, 3.05) is 13.1 Å². The van der Waals surface area contributed by atoms with Gasteiger partial charge in [0, 0.05) is 19.2 Å². The van der Waals surface area contributed by atoms with Crippen molar-refractivity contribution in [3.63, 3.8) is 0 Å². The van der Waals surface area contributed by atoms with E-state index in [9.17, 15) is 18.5 Å². The van der Waals surface area contributed by atoms with Crippen molar-refractivity contribution in [3.05, 3.63) is 32.7 Å². The van der Waals surface area contributed by atoms with Gasteiger partial charge < -0.3 is 0 Å². The van der Waals surface area contributed by atoms with E-state index in [1.165, 1.54) is 4.31 Å². The van der Waals surface area contributed by atoms with Crippen LogP contribution >= 0.6 is 22.9 Å². The Morgan fingerprint density at radius 1 is 1.44 bits per heavy atom. The highest BCUT2D eigenvalue weighted by Crippen LogP contribution is 2.37. The van der Waals surface area contributed by atoms with Gasteiger partial charge in [-0.2, -0.15) is 4.31 Å². The van der Waals surface area contributed by atoms with Crippen LogP contribution in [0.3, 0.4) is 0 Å². The summed E-state index contributed by atoms with van der Waals surface area (Å²) in [7, 11) is -3.69. The molecular formula is C9H9ClN2O4S2. The predicted octanol–water partition coefficient (Wildman–Crippen LogP) is 2.26. The number of sulfonamides is 1. The molecule has 0 radical (unpaired) electrons. The molecule has 9 heteroatoms. The zero-order chi connectivity index (χ0) is 13.3. The first-order chi connectivity index (χ1) is 8.43. The molecule has 0 unspecified atom stereocenters. The Hall–Kier alpha value is -0.960. The highest BCUT2D eigenvalue weighted by Gasteiger charge is 2.30. The van der Waals surface area contributed by atoms with Crippen molar-refractivity contribution in [3.8, 4) is 0 Å². The van der Waals surface area contributed by atoms with Crippen LogP contribution in [0.2, 0.25) is 4.34 Å². The molecule has 1 aliphatic heterocycles. The summed E-state index contributed by atoms with van der Waals surface area (Å²) in [4.78, 5) is 9.96. The van der Waals surface area contributed by atoms with E-state index in [-0.39, 0.29) is 20.8 Å². The molecule has 0 amide bonds. The molecule has 0 aromatic carbocycles. The quantitative estimate of drug-likeness (QED) is 0.487. The average molecular weight is 309 g/mol. The van der Waals surface area contributed by atoms with Crippen LogP contribution in [0.1, 0.15) is 6.42 Å². The topological polar surface area (TPSA) is 80.5 Å². The molecule has 1 aromatic rings. The highest BCUT2D eigenvalue weighted by molar-refractivity contribution is 7.91. The molecule has 98 valence electrons. The molecule has 0 bridgehead atoms. The number of hydrogen-bond acceptors (Lipinski definition) is 5. The van der Waals surface area contributed by atoms with Gasteiger partial charge in [-0.25, -0.2) is 8.42 Å². The van der Waals surface area contributed by atoms with Crippen molar-refractivity contribution in [2.45, 2.75) is 10.6 Å². The zero-order valence-electron chi connectivity index (χ0n) is 9.08. The molecule has 6 nitrogen and oxygen atoms in total. The van der Waals surface area contributed by atoms with E-state index in [0.29, 0.717) is 24.3 Å². The Morgan fingerprint density at radius 3 is 2.67 bits per heavy atom. The summed E-state index contributed by atoms with van der Waals surface area (Å²) in [6.07, 6.45) is 4.29. The fraction of sp³-hybridized carbons (Fsp3) is 0.333. The maximum absolute atomic E-state index is 12.2. The van der Waals surface area contributed by atoms with Crippen LogP contribution in [-0.4, -0.2) is 30.7 Å². The van der Waals surface area contributed by atoms with E-state index >= 15 is 0 Å². The summed E-state index contributed by atoms with van der Waals surface area (Å²) in [5.74, 6) is 0. The summed E-state index contributed by atoms with van der Waals surface area (Å²) in [6, 6.07) is 1.01. The largest absolute Gasteiger partial charge is 0.300 e. The average Bonchev–Trinajstić information content (AvgIpc) is 2.73. The summed E-state index contributed by atoms with van der Waals surface area (Å²) >= 11 is 6.38. The van der Waals surface area contributed by atoms with E-state index in [1.807, 2.05) is 6.08 Å². The van der Waals surface area contributed by atoms with Gasteiger partial charge in [0.05, 0.1) is 4.92 Å². The van der Waals surface area contributed by atoms with E-state index in [0.717, 1.165) is 6.07 Å². The lowest BCUT2D eigenvalue weighted by Gasteiger charge is -2.21. The second-order valence-electron chi connectivity index (χ2n) is 3.60. The third-order valence-corrected chi connectivity index (χ3v) is 6.11. The highest BCUT2D eigenvalue weighted by atomic mass is 35.5. The third kappa shape index (κ3) is 2.41. The van der Waals surface area contributed by atoms with Gasteiger partial charge in [0.1, 0.15) is 4.21 Å². The second kappa shape index (κ2) is 4.96. The number of nitro groups is 1. The van der Waals surface area contributed by atoms with E-state index < -0.39 is 14.9 Å². The van der Waals surface area contributed by atoms with Gasteiger partial charge >= 0.3 is 0 Å². The fourth-order valence-corrected chi connectivity index (χ4v) is 4.78. The molecule has 2 rings (SSSR count). The van der Waals surface area contributed by atoms with E-state index in [1.54, 1.807) is 6.08 Å². The van der Waals surface area contributed by atoms with Crippen LogP contribution < -0.4 is 0 Å². The monoisotopic (exact) mass is 308 g/mol. The lowest BCUT2D eigenvalue weighted by atomic mass is 10.3. The lowest BCUT2D eigenvalue weighted by Crippen LogP contribution is -2.33. The molecule has 0 N–H and O–H groups in total. The van der Waals surface area contributed by atoms with Crippen LogP contribution in [0.15, 0.2) is 22.4 Å². The molecular weight excluding hydrogens is 300 g/mol. The van der Waals surface area contributed by atoms with Crippen molar-refractivity contribution >= 4 is 38.6 Å². The van der Waals surface area contributed by atoms with Crippen molar-refractivity contribution in [2.24, 2.45) is 0 Å². The Bertz CT molecular complexity index is 608. The zero-order valence-corrected chi connectivity index (χ0v) is 11.5. The fourth-order valence-electron chi connectivity index (χ4n) is 1.56. The van der Waals surface area contributed by atoms with Crippen LogP contribution in [0, 0.1) is 10.1 Å². The Morgan fingerprint density at radius 2 is 2.17 bits per heavy atom. The Labute approximate surface area is 113 Å². The normalized spacial score (nSPS) is 16.9. The van der Waals surface area contributed by atoms with Crippen LogP contribution in [0.5, 0.6) is 0 Å². The smallest absolute Gasteiger partial charge is 0.258 e. The molecule has 0 spiro atoms. The first-order valence-electron chi connectivity index (χ1n) is 5.02. The van der Waals surface area contributed by atoms with Crippen LogP contribution in [0.25, 0.3) is 0 Å².